The van der Waals surface area contributed by atoms with Crippen LogP contribution in [-0.2, 0) is 10.0 Å². The van der Waals surface area contributed by atoms with Gasteiger partial charge in [-0.15, -0.1) is 6.58 Å². The molecule has 6 heteroatoms. The molecule has 0 spiro atoms. The fourth-order valence-electron chi connectivity index (χ4n) is 1.72. The lowest BCUT2D eigenvalue weighted by molar-refractivity contribution is 0.270. The van der Waals surface area contributed by atoms with Crippen LogP contribution in [0.3, 0.4) is 0 Å². The van der Waals surface area contributed by atoms with Crippen LogP contribution in [0.25, 0.3) is 0 Å². The van der Waals surface area contributed by atoms with Crippen molar-refractivity contribution in [2.24, 2.45) is 0 Å². The van der Waals surface area contributed by atoms with Gasteiger partial charge in [-0.25, -0.2) is 12.8 Å². The minimum atomic E-state index is -3.80. The first-order valence-corrected chi connectivity index (χ1v) is 7.23. The zero-order valence-corrected chi connectivity index (χ0v) is 12.2. The summed E-state index contributed by atoms with van der Waals surface area (Å²) < 4.78 is 39.4. The van der Waals surface area contributed by atoms with E-state index in [1.165, 1.54) is 16.4 Å². The lowest BCUT2D eigenvalue weighted by Crippen LogP contribution is -2.45. The summed E-state index contributed by atoms with van der Waals surface area (Å²) in [5.41, 5.74) is 4.88. The van der Waals surface area contributed by atoms with Gasteiger partial charge in [-0.05, 0) is 39.0 Å². The van der Waals surface area contributed by atoms with Gasteiger partial charge in [0.25, 0.3) is 0 Å². The van der Waals surface area contributed by atoms with E-state index in [0.717, 1.165) is 12.1 Å². The monoisotopic (exact) mass is 286 g/mol. The average molecular weight is 286 g/mol. The molecule has 0 aliphatic carbocycles. The van der Waals surface area contributed by atoms with E-state index in [-0.39, 0.29) is 17.1 Å². The molecule has 0 saturated carbocycles. The van der Waals surface area contributed by atoms with Gasteiger partial charge in [0.2, 0.25) is 10.0 Å². The standard InChI is InChI=1S/C13H19FN2O2S/c1-5-8-16(13(2,3)4)19(17,18)12-7-6-10(14)9-11(12)15/h5-7,9H,1,8,15H2,2-4H3. The number of hydrogen-bond acceptors (Lipinski definition) is 3. The third kappa shape index (κ3) is 3.33. The Morgan fingerprint density at radius 3 is 2.42 bits per heavy atom. The highest BCUT2D eigenvalue weighted by Gasteiger charge is 2.34. The summed E-state index contributed by atoms with van der Waals surface area (Å²) in [6, 6.07) is 3.27. The Labute approximate surface area is 113 Å². The van der Waals surface area contributed by atoms with E-state index in [1.54, 1.807) is 20.8 Å². The van der Waals surface area contributed by atoms with E-state index in [4.69, 9.17) is 5.73 Å². The molecule has 0 aliphatic heterocycles. The van der Waals surface area contributed by atoms with Crippen LogP contribution in [0, 0.1) is 5.82 Å². The number of nitrogens with two attached hydrogens (primary N) is 1. The molecule has 1 aromatic carbocycles. The Morgan fingerprint density at radius 2 is 2.00 bits per heavy atom. The fourth-order valence-corrected chi connectivity index (χ4v) is 3.58. The second-order valence-electron chi connectivity index (χ2n) is 5.18. The zero-order valence-electron chi connectivity index (χ0n) is 11.4. The van der Waals surface area contributed by atoms with Gasteiger partial charge in [-0.2, -0.15) is 4.31 Å². The maximum atomic E-state index is 13.0. The molecule has 1 aromatic rings. The van der Waals surface area contributed by atoms with Crippen LogP contribution in [0.2, 0.25) is 0 Å². The third-order valence-corrected chi connectivity index (χ3v) is 4.79. The van der Waals surface area contributed by atoms with E-state index < -0.39 is 21.4 Å². The van der Waals surface area contributed by atoms with Crippen LogP contribution in [-0.4, -0.2) is 24.8 Å². The predicted molar refractivity (Wildman–Crippen MR) is 74.7 cm³/mol. The maximum absolute atomic E-state index is 13.0. The van der Waals surface area contributed by atoms with Crippen molar-refractivity contribution in [2.75, 3.05) is 12.3 Å². The van der Waals surface area contributed by atoms with Crippen LogP contribution >= 0.6 is 0 Å². The van der Waals surface area contributed by atoms with Crippen LogP contribution in [0.5, 0.6) is 0 Å². The number of rotatable bonds is 4. The van der Waals surface area contributed by atoms with E-state index >= 15 is 0 Å². The molecule has 0 radical (unpaired) electrons. The van der Waals surface area contributed by atoms with Crippen LogP contribution in [0.15, 0.2) is 35.7 Å². The molecule has 1 rings (SSSR count). The highest BCUT2D eigenvalue weighted by molar-refractivity contribution is 7.89. The summed E-state index contributed by atoms with van der Waals surface area (Å²) in [7, 11) is -3.80. The number of halogens is 1. The quantitative estimate of drug-likeness (QED) is 0.683. The molecule has 0 atom stereocenters. The topological polar surface area (TPSA) is 63.4 Å². The van der Waals surface area contributed by atoms with Crippen molar-refractivity contribution in [1.29, 1.82) is 0 Å². The lowest BCUT2D eigenvalue weighted by atomic mass is 10.1. The Hall–Kier alpha value is -1.40. The Morgan fingerprint density at radius 1 is 1.42 bits per heavy atom. The number of anilines is 1. The molecule has 0 saturated heterocycles. The zero-order chi connectivity index (χ0) is 14.8. The van der Waals surface area contributed by atoms with Crippen molar-refractivity contribution in [3.05, 3.63) is 36.7 Å². The number of sulfonamides is 1. The second kappa shape index (κ2) is 5.30. The van der Waals surface area contributed by atoms with Crippen LogP contribution < -0.4 is 5.73 Å². The van der Waals surface area contributed by atoms with Crippen molar-refractivity contribution in [3.8, 4) is 0 Å². The number of benzene rings is 1. The highest BCUT2D eigenvalue weighted by atomic mass is 32.2. The predicted octanol–water partition coefficient (Wildman–Crippen LogP) is 2.38. The SMILES string of the molecule is C=CCN(C(C)(C)C)S(=O)(=O)c1ccc(F)cc1N. The van der Waals surface area contributed by atoms with Gasteiger partial charge in [-0.3, -0.25) is 0 Å². The van der Waals surface area contributed by atoms with Crippen molar-refractivity contribution in [1.82, 2.24) is 4.31 Å². The molecule has 0 aliphatic rings. The molecule has 0 heterocycles. The van der Waals surface area contributed by atoms with Gasteiger partial charge in [0.1, 0.15) is 10.7 Å². The lowest BCUT2D eigenvalue weighted by Gasteiger charge is -2.33. The number of nitrogen functional groups attached to an aromatic ring is 1. The summed E-state index contributed by atoms with van der Waals surface area (Å²) in [5, 5.41) is 0. The first kappa shape index (κ1) is 15.7. The van der Waals surface area contributed by atoms with Crippen molar-refractivity contribution in [3.63, 3.8) is 0 Å². The van der Waals surface area contributed by atoms with Gasteiger partial charge in [-0.1, -0.05) is 6.08 Å². The Bertz CT molecular complexity index is 577. The maximum Gasteiger partial charge on any atom is 0.245 e. The summed E-state index contributed by atoms with van der Waals surface area (Å²) in [5.74, 6) is -0.567. The minimum Gasteiger partial charge on any atom is -0.398 e. The van der Waals surface area contributed by atoms with Crippen molar-refractivity contribution >= 4 is 15.7 Å². The molecule has 0 unspecified atom stereocenters. The summed E-state index contributed by atoms with van der Waals surface area (Å²) >= 11 is 0. The molecular formula is C13H19FN2O2S. The molecule has 2 N–H and O–H groups in total. The summed E-state index contributed by atoms with van der Waals surface area (Å²) in [6.07, 6.45) is 1.50. The van der Waals surface area contributed by atoms with Crippen LogP contribution in [0.4, 0.5) is 10.1 Å². The van der Waals surface area contributed by atoms with Gasteiger partial charge in [0.15, 0.2) is 0 Å². The summed E-state index contributed by atoms with van der Waals surface area (Å²) in [6.45, 7) is 9.03. The smallest absolute Gasteiger partial charge is 0.245 e. The third-order valence-electron chi connectivity index (χ3n) is 2.58. The molecule has 106 valence electrons. The first-order chi connectivity index (χ1) is 8.60. The number of hydrogen-bond donors (Lipinski definition) is 1. The van der Waals surface area contributed by atoms with E-state index in [9.17, 15) is 12.8 Å². The fraction of sp³-hybridized carbons (Fsp3) is 0.385. The van der Waals surface area contributed by atoms with Gasteiger partial charge < -0.3 is 5.73 Å². The molecule has 0 aromatic heterocycles. The second-order valence-corrected chi connectivity index (χ2v) is 7.01. The average Bonchev–Trinajstić information content (AvgIpc) is 2.23. The number of nitrogens with zero attached hydrogens (tertiary/aromatic N) is 1. The highest BCUT2D eigenvalue weighted by Crippen LogP contribution is 2.28. The molecular weight excluding hydrogens is 267 g/mol. The molecule has 0 bridgehead atoms. The molecule has 0 fully saturated rings. The minimum absolute atomic E-state index is 0.0920. The van der Waals surface area contributed by atoms with Crippen molar-refractivity contribution < 1.29 is 12.8 Å². The van der Waals surface area contributed by atoms with Crippen molar-refractivity contribution in [2.45, 2.75) is 31.2 Å². The molecule has 4 nitrogen and oxygen atoms in total. The Balaban J connectivity index is 3.39. The van der Waals surface area contributed by atoms with E-state index in [0.29, 0.717) is 0 Å². The van der Waals surface area contributed by atoms with Gasteiger partial charge in [0.05, 0.1) is 5.69 Å². The van der Waals surface area contributed by atoms with Gasteiger partial charge in [0, 0.05) is 12.1 Å². The molecule has 19 heavy (non-hydrogen) atoms. The first-order valence-electron chi connectivity index (χ1n) is 5.79. The largest absolute Gasteiger partial charge is 0.398 e. The Kier molecular flexibility index (Phi) is 4.37. The van der Waals surface area contributed by atoms with E-state index in [1.807, 2.05) is 0 Å². The molecule has 0 amide bonds. The van der Waals surface area contributed by atoms with Gasteiger partial charge >= 0.3 is 0 Å². The van der Waals surface area contributed by atoms with E-state index in [2.05, 4.69) is 6.58 Å². The normalized spacial score (nSPS) is 12.7. The summed E-state index contributed by atoms with van der Waals surface area (Å²) in [4.78, 5) is -0.0920. The van der Waals surface area contributed by atoms with Crippen LogP contribution in [0.1, 0.15) is 20.8 Å².